The molecule has 1 aromatic carbocycles. The Hall–Kier alpha value is -1.51. The minimum Gasteiger partial charge on any atom is -0.490 e. The molecule has 0 aromatic heterocycles. The maximum absolute atomic E-state index is 10.8. The zero-order valence-corrected chi connectivity index (χ0v) is 17.8. The smallest absolute Gasteiger partial charge is 0.303 e. The van der Waals surface area contributed by atoms with Crippen LogP contribution in [0, 0.1) is 0 Å². The van der Waals surface area contributed by atoms with Crippen LogP contribution >= 0.6 is 0 Å². The maximum atomic E-state index is 10.8. The average Bonchev–Trinajstić information content (AvgIpc) is 2.60. The van der Waals surface area contributed by atoms with Gasteiger partial charge in [-0.25, -0.2) is 0 Å². The van der Waals surface area contributed by atoms with Crippen molar-refractivity contribution < 1.29 is 14.6 Å². The van der Waals surface area contributed by atoms with Crippen molar-refractivity contribution in [3.8, 4) is 5.75 Å². The molecule has 3 nitrogen and oxygen atoms in total. The minimum absolute atomic E-state index is 0.0362. The first-order valence-corrected chi connectivity index (χ1v) is 10.1. The van der Waals surface area contributed by atoms with E-state index >= 15 is 0 Å². The van der Waals surface area contributed by atoms with Gasteiger partial charge in [0.25, 0.3) is 0 Å². The molecule has 1 rings (SSSR count). The van der Waals surface area contributed by atoms with Gasteiger partial charge < -0.3 is 9.84 Å². The Bertz CT molecular complexity index is 587. The Kier molecular flexibility index (Phi) is 8.17. The molecular formula is C23H38O3. The SMILES string of the molecule is CCC(CCCC(=O)O)Oc1ccc(C(C)(C)CC)cc1C(C)(C)CC. The lowest BCUT2D eigenvalue weighted by molar-refractivity contribution is -0.137. The van der Waals surface area contributed by atoms with Gasteiger partial charge in [-0.1, -0.05) is 60.6 Å². The highest BCUT2D eigenvalue weighted by Crippen LogP contribution is 2.39. The van der Waals surface area contributed by atoms with Crippen LogP contribution in [0.25, 0.3) is 0 Å². The van der Waals surface area contributed by atoms with Crippen molar-refractivity contribution in [1.29, 1.82) is 0 Å². The van der Waals surface area contributed by atoms with Gasteiger partial charge >= 0.3 is 5.97 Å². The van der Waals surface area contributed by atoms with E-state index in [-0.39, 0.29) is 23.4 Å². The lowest BCUT2D eigenvalue weighted by Crippen LogP contribution is -2.23. The predicted octanol–water partition coefficient (Wildman–Crippen LogP) is 6.47. The molecule has 0 fully saturated rings. The van der Waals surface area contributed by atoms with E-state index < -0.39 is 5.97 Å². The molecule has 0 aliphatic carbocycles. The fourth-order valence-electron chi connectivity index (χ4n) is 2.98. The molecule has 1 atom stereocenters. The number of carboxylic acid groups (broad SMARTS) is 1. The second-order valence-corrected chi connectivity index (χ2v) is 8.62. The van der Waals surface area contributed by atoms with Crippen LogP contribution in [0.4, 0.5) is 0 Å². The summed E-state index contributed by atoms with van der Waals surface area (Å²) < 4.78 is 6.37. The Morgan fingerprint density at radius 2 is 1.69 bits per heavy atom. The number of benzene rings is 1. The van der Waals surface area contributed by atoms with Crippen molar-refractivity contribution >= 4 is 5.97 Å². The zero-order chi connectivity index (χ0) is 20.0. The molecule has 0 spiro atoms. The summed E-state index contributed by atoms with van der Waals surface area (Å²) in [7, 11) is 0. The summed E-state index contributed by atoms with van der Waals surface area (Å²) in [6, 6.07) is 6.64. The second-order valence-electron chi connectivity index (χ2n) is 8.62. The number of hydrogen-bond acceptors (Lipinski definition) is 2. The Morgan fingerprint density at radius 3 is 2.19 bits per heavy atom. The third-order valence-corrected chi connectivity index (χ3v) is 5.92. The fraction of sp³-hybridized carbons (Fsp3) is 0.696. The molecule has 0 aliphatic rings. The van der Waals surface area contributed by atoms with E-state index in [1.807, 2.05) is 0 Å². The van der Waals surface area contributed by atoms with Gasteiger partial charge in [0.1, 0.15) is 5.75 Å². The lowest BCUT2D eigenvalue weighted by Gasteiger charge is -2.31. The molecule has 0 saturated carbocycles. The number of rotatable bonds is 11. The van der Waals surface area contributed by atoms with Crippen molar-refractivity contribution in [3.05, 3.63) is 29.3 Å². The Morgan fingerprint density at radius 1 is 1.08 bits per heavy atom. The molecule has 0 amide bonds. The third kappa shape index (κ3) is 6.03. The Labute approximate surface area is 160 Å². The Balaban J connectivity index is 3.14. The molecule has 148 valence electrons. The molecule has 1 N–H and O–H groups in total. The van der Waals surface area contributed by atoms with Gasteiger partial charge in [0.2, 0.25) is 0 Å². The molecule has 0 heterocycles. The third-order valence-electron chi connectivity index (χ3n) is 5.92. The van der Waals surface area contributed by atoms with Crippen molar-refractivity contribution in [3.63, 3.8) is 0 Å². The molecule has 0 radical (unpaired) electrons. The van der Waals surface area contributed by atoms with Gasteiger partial charge in [-0.3, -0.25) is 4.79 Å². The maximum Gasteiger partial charge on any atom is 0.303 e. The largest absolute Gasteiger partial charge is 0.490 e. The summed E-state index contributed by atoms with van der Waals surface area (Å²) in [6.07, 6.45) is 4.70. The van der Waals surface area contributed by atoms with Gasteiger partial charge in [-0.2, -0.15) is 0 Å². The number of carboxylic acids is 1. The topological polar surface area (TPSA) is 46.5 Å². The molecule has 0 aliphatic heterocycles. The summed E-state index contributed by atoms with van der Waals surface area (Å²) >= 11 is 0. The highest BCUT2D eigenvalue weighted by atomic mass is 16.5. The first-order valence-electron chi connectivity index (χ1n) is 10.1. The van der Waals surface area contributed by atoms with Crippen LogP contribution in [0.5, 0.6) is 5.75 Å². The van der Waals surface area contributed by atoms with Crippen LogP contribution in [0.3, 0.4) is 0 Å². The first-order chi connectivity index (χ1) is 12.1. The van der Waals surface area contributed by atoms with Gasteiger partial charge in [-0.15, -0.1) is 0 Å². The van der Waals surface area contributed by atoms with E-state index in [9.17, 15) is 4.79 Å². The monoisotopic (exact) mass is 362 g/mol. The van der Waals surface area contributed by atoms with Crippen molar-refractivity contribution in [2.45, 2.75) is 104 Å². The molecule has 1 aromatic rings. The van der Waals surface area contributed by atoms with Gasteiger partial charge in [0.05, 0.1) is 6.10 Å². The van der Waals surface area contributed by atoms with E-state index in [0.717, 1.165) is 31.4 Å². The fourth-order valence-corrected chi connectivity index (χ4v) is 2.98. The van der Waals surface area contributed by atoms with E-state index in [4.69, 9.17) is 9.84 Å². The summed E-state index contributed by atoms with van der Waals surface area (Å²) in [5.74, 6) is 0.216. The number of hydrogen-bond donors (Lipinski definition) is 1. The van der Waals surface area contributed by atoms with E-state index in [2.05, 4.69) is 66.7 Å². The highest BCUT2D eigenvalue weighted by molar-refractivity contribution is 5.66. The highest BCUT2D eigenvalue weighted by Gasteiger charge is 2.27. The molecular weight excluding hydrogens is 324 g/mol. The predicted molar refractivity (Wildman–Crippen MR) is 109 cm³/mol. The zero-order valence-electron chi connectivity index (χ0n) is 17.8. The molecule has 26 heavy (non-hydrogen) atoms. The number of aliphatic carboxylic acids is 1. The van der Waals surface area contributed by atoms with Crippen molar-refractivity contribution in [2.75, 3.05) is 0 Å². The molecule has 1 unspecified atom stereocenters. The van der Waals surface area contributed by atoms with Crippen LogP contribution in [0.2, 0.25) is 0 Å². The molecule has 0 saturated heterocycles. The molecule has 0 bridgehead atoms. The molecule has 3 heteroatoms. The minimum atomic E-state index is -0.737. The lowest BCUT2D eigenvalue weighted by atomic mass is 9.76. The first kappa shape index (κ1) is 22.5. The normalized spacial score (nSPS) is 13.5. The van der Waals surface area contributed by atoms with Crippen molar-refractivity contribution in [2.24, 2.45) is 0 Å². The second kappa shape index (κ2) is 9.43. The summed E-state index contributed by atoms with van der Waals surface area (Å²) in [6.45, 7) is 15.6. The van der Waals surface area contributed by atoms with Crippen LogP contribution < -0.4 is 4.74 Å². The van der Waals surface area contributed by atoms with Crippen LogP contribution in [-0.4, -0.2) is 17.2 Å². The average molecular weight is 363 g/mol. The van der Waals surface area contributed by atoms with E-state index in [1.54, 1.807) is 0 Å². The van der Waals surface area contributed by atoms with Crippen LogP contribution in [-0.2, 0) is 15.6 Å². The van der Waals surface area contributed by atoms with Gasteiger partial charge in [-0.05, 0) is 54.6 Å². The number of ether oxygens (including phenoxy) is 1. The van der Waals surface area contributed by atoms with Crippen LogP contribution in [0.1, 0.15) is 98.1 Å². The van der Waals surface area contributed by atoms with Gasteiger partial charge in [0, 0.05) is 12.0 Å². The quantitative estimate of drug-likeness (QED) is 0.490. The van der Waals surface area contributed by atoms with E-state index in [1.165, 1.54) is 11.1 Å². The number of carbonyl (C=O) groups is 1. The van der Waals surface area contributed by atoms with Gasteiger partial charge in [0.15, 0.2) is 0 Å². The standard InChI is InChI=1S/C23H38O3/c1-8-18(12-11-13-21(24)25)26-20-15-14-17(22(4,5)9-2)16-19(20)23(6,7)10-3/h14-16,18H,8-13H2,1-7H3,(H,24,25). The van der Waals surface area contributed by atoms with Crippen LogP contribution in [0.15, 0.2) is 18.2 Å². The summed E-state index contributed by atoms with van der Waals surface area (Å²) in [5, 5.41) is 8.86. The summed E-state index contributed by atoms with van der Waals surface area (Å²) in [5.41, 5.74) is 2.79. The summed E-state index contributed by atoms with van der Waals surface area (Å²) in [4.78, 5) is 10.8. The van der Waals surface area contributed by atoms with E-state index in [0.29, 0.717) is 6.42 Å². The van der Waals surface area contributed by atoms with Crippen molar-refractivity contribution in [1.82, 2.24) is 0 Å².